The van der Waals surface area contributed by atoms with Crippen molar-refractivity contribution in [2.24, 2.45) is 0 Å². The Morgan fingerprint density at radius 3 is 2.50 bits per heavy atom. The third-order valence-corrected chi connectivity index (χ3v) is 3.66. The molecule has 0 heterocycles. The average molecular weight is 312 g/mol. The Bertz CT molecular complexity index is 738. The van der Waals surface area contributed by atoms with Crippen LogP contribution in [-0.2, 0) is 12.6 Å². The van der Waals surface area contributed by atoms with E-state index in [0.717, 1.165) is 17.7 Å². The van der Waals surface area contributed by atoms with E-state index in [1.807, 2.05) is 0 Å². The summed E-state index contributed by atoms with van der Waals surface area (Å²) in [5.41, 5.74) is -0.0261. The first-order valence-electron chi connectivity index (χ1n) is 6.62. The number of ether oxygens (including phenoxy) is 1. The fourth-order valence-electron chi connectivity index (χ4n) is 2.55. The van der Waals surface area contributed by atoms with Crippen LogP contribution in [0, 0.1) is 12.7 Å². The van der Waals surface area contributed by atoms with E-state index in [9.17, 15) is 22.7 Å². The molecule has 116 valence electrons. The largest absolute Gasteiger partial charge is 0.454 e. The van der Waals surface area contributed by atoms with Gasteiger partial charge in [0.15, 0.2) is 11.6 Å². The van der Waals surface area contributed by atoms with E-state index < -0.39 is 23.7 Å². The first kappa shape index (κ1) is 14.8. The van der Waals surface area contributed by atoms with Gasteiger partial charge in [0.05, 0.1) is 11.7 Å². The highest BCUT2D eigenvalue weighted by molar-refractivity contribution is 5.54. The molecular formula is C16H12F4O2. The van der Waals surface area contributed by atoms with Gasteiger partial charge in [-0.1, -0.05) is 6.07 Å². The molecule has 2 aromatic carbocycles. The van der Waals surface area contributed by atoms with Crippen LogP contribution in [-0.4, -0.2) is 5.11 Å². The predicted molar refractivity (Wildman–Crippen MR) is 71.3 cm³/mol. The molecule has 0 saturated carbocycles. The summed E-state index contributed by atoms with van der Waals surface area (Å²) in [6.45, 7) is 1.75. The minimum absolute atomic E-state index is 0.0525. The van der Waals surface area contributed by atoms with Crippen molar-refractivity contribution in [3.05, 3.63) is 58.4 Å². The van der Waals surface area contributed by atoms with Gasteiger partial charge in [0, 0.05) is 17.5 Å². The molecule has 0 amide bonds. The molecule has 0 aliphatic heterocycles. The molecule has 1 N–H and O–H groups in total. The van der Waals surface area contributed by atoms with Crippen molar-refractivity contribution < 1.29 is 27.4 Å². The van der Waals surface area contributed by atoms with Gasteiger partial charge in [0.2, 0.25) is 0 Å². The molecule has 0 radical (unpaired) electrons. The van der Waals surface area contributed by atoms with Crippen LogP contribution < -0.4 is 4.74 Å². The zero-order valence-electron chi connectivity index (χ0n) is 11.5. The molecule has 22 heavy (non-hydrogen) atoms. The quantitative estimate of drug-likeness (QED) is 0.825. The molecule has 0 saturated heterocycles. The minimum atomic E-state index is -4.54. The van der Waals surface area contributed by atoms with Crippen molar-refractivity contribution in [2.75, 3.05) is 0 Å². The van der Waals surface area contributed by atoms with Gasteiger partial charge in [-0.15, -0.1) is 0 Å². The number of rotatable bonds is 2. The van der Waals surface area contributed by atoms with E-state index >= 15 is 0 Å². The Labute approximate surface area is 124 Å². The monoisotopic (exact) mass is 312 g/mol. The molecule has 1 aliphatic carbocycles. The van der Waals surface area contributed by atoms with Crippen LogP contribution in [0.3, 0.4) is 0 Å². The maximum Gasteiger partial charge on any atom is 0.416 e. The summed E-state index contributed by atoms with van der Waals surface area (Å²) in [6, 6.07) is 6.28. The summed E-state index contributed by atoms with van der Waals surface area (Å²) in [5, 5.41) is 9.60. The van der Waals surface area contributed by atoms with Crippen molar-refractivity contribution in [1.82, 2.24) is 0 Å². The number of aryl methyl sites for hydroxylation is 1. The molecule has 1 aliphatic rings. The van der Waals surface area contributed by atoms with Gasteiger partial charge in [-0.2, -0.15) is 13.2 Å². The summed E-state index contributed by atoms with van der Waals surface area (Å²) < 4.78 is 57.8. The van der Waals surface area contributed by atoms with Gasteiger partial charge in [0.25, 0.3) is 0 Å². The lowest BCUT2D eigenvalue weighted by atomic mass is 9.81. The van der Waals surface area contributed by atoms with Gasteiger partial charge in [-0.05, 0) is 36.8 Å². The topological polar surface area (TPSA) is 29.5 Å². The van der Waals surface area contributed by atoms with Crippen molar-refractivity contribution >= 4 is 0 Å². The molecule has 3 rings (SSSR count). The maximum atomic E-state index is 13.7. The smallest absolute Gasteiger partial charge is 0.416 e. The molecule has 2 aromatic rings. The molecule has 0 fully saturated rings. The van der Waals surface area contributed by atoms with Crippen molar-refractivity contribution in [3.8, 4) is 11.5 Å². The number of aliphatic hydroxyl groups excluding tert-OH is 1. The van der Waals surface area contributed by atoms with Gasteiger partial charge in [0.1, 0.15) is 5.75 Å². The predicted octanol–water partition coefficient (Wildman–Crippen LogP) is 4.53. The standard InChI is InChI=1S/C16H12F4O2/c1-8-2-4-11(17)14(6-8)22-13-5-3-10(16(18,19)20)15-9(13)7-12(15)21/h2-6,12,21H,7H2,1H3. The van der Waals surface area contributed by atoms with Gasteiger partial charge in [-0.25, -0.2) is 4.39 Å². The third-order valence-electron chi connectivity index (χ3n) is 3.66. The molecule has 1 unspecified atom stereocenters. The Kier molecular flexibility index (Phi) is 3.36. The first-order valence-corrected chi connectivity index (χ1v) is 6.62. The first-order chi connectivity index (χ1) is 10.3. The Morgan fingerprint density at radius 1 is 1.14 bits per heavy atom. The highest BCUT2D eigenvalue weighted by atomic mass is 19.4. The molecule has 6 heteroatoms. The third kappa shape index (κ3) is 2.43. The normalized spacial score (nSPS) is 16.9. The molecule has 0 aromatic heterocycles. The minimum Gasteiger partial charge on any atom is -0.454 e. The van der Waals surface area contributed by atoms with Crippen LogP contribution in [0.1, 0.15) is 28.4 Å². The van der Waals surface area contributed by atoms with Crippen LogP contribution in [0.4, 0.5) is 17.6 Å². The van der Waals surface area contributed by atoms with E-state index in [0.29, 0.717) is 0 Å². The van der Waals surface area contributed by atoms with Crippen molar-refractivity contribution in [3.63, 3.8) is 0 Å². The summed E-state index contributed by atoms with van der Waals surface area (Å²) in [4.78, 5) is 0. The van der Waals surface area contributed by atoms with Gasteiger partial charge >= 0.3 is 6.18 Å². The maximum absolute atomic E-state index is 13.7. The Balaban J connectivity index is 2.02. The fraction of sp³-hybridized carbons (Fsp3) is 0.250. The molecule has 0 bridgehead atoms. The van der Waals surface area contributed by atoms with Crippen LogP contribution in [0.15, 0.2) is 30.3 Å². The molecule has 2 nitrogen and oxygen atoms in total. The number of fused-ring (bicyclic) bond motifs is 1. The average Bonchev–Trinajstić information content (AvgIpc) is 2.41. The Hall–Kier alpha value is -2.08. The van der Waals surface area contributed by atoms with E-state index in [4.69, 9.17) is 4.74 Å². The second-order valence-electron chi connectivity index (χ2n) is 5.26. The number of benzene rings is 2. The van der Waals surface area contributed by atoms with E-state index in [1.165, 1.54) is 12.1 Å². The van der Waals surface area contributed by atoms with Crippen molar-refractivity contribution in [1.29, 1.82) is 0 Å². The van der Waals surface area contributed by atoms with Crippen molar-refractivity contribution in [2.45, 2.75) is 25.6 Å². The van der Waals surface area contributed by atoms with Crippen LogP contribution in [0.5, 0.6) is 11.5 Å². The van der Waals surface area contributed by atoms with Gasteiger partial charge < -0.3 is 9.84 Å². The number of hydrogen-bond donors (Lipinski definition) is 1. The van der Waals surface area contributed by atoms with Crippen LogP contribution >= 0.6 is 0 Å². The molecule has 0 spiro atoms. The second kappa shape index (κ2) is 4.98. The number of aliphatic hydroxyl groups is 1. The highest BCUT2D eigenvalue weighted by Gasteiger charge is 2.41. The lowest BCUT2D eigenvalue weighted by Gasteiger charge is -2.31. The lowest BCUT2D eigenvalue weighted by molar-refractivity contribution is -0.139. The van der Waals surface area contributed by atoms with E-state index in [1.54, 1.807) is 13.0 Å². The fourth-order valence-corrected chi connectivity index (χ4v) is 2.55. The van der Waals surface area contributed by atoms with Crippen LogP contribution in [0.25, 0.3) is 0 Å². The zero-order chi connectivity index (χ0) is 16.1. The summed E-state index contributed by atoms with van der Waals surface area (Å²) in [5.74, 6) is -0.514. The van der Waals surface area contributed by atoms with Gasteiger partial charge in [-0.3, -0.25) is 0 Å². The lowest BCUT2D eigenvalue weighted by Crippen LogP contribution is -2.24. The summed E-state index contributed by atoms with van der Waals surface area (Å²) in [7, 11) is 0. The summed E-state index contributed by atoms with van der Waals surface area (Å²) in [6.07, 6.45) is -5.65. The van der Waals surface area contributed by atoms with Crippen LogP contribution in [0.2, 0.25) is 0 Å². The zero-order valence-corrected chi connectivity index (χ0v) is 11.5. The summed E-state index contributed by atoms with van der Waals surface area (Å²) >= 11 is 0. The Morgan fingerprint density at radius 2 is 1.86 bits per heavy atom. The number of alkyl halides is 3. The SMILES string of the molecule is Cc1ccc(F)c(Oc2ccc(C(F)(F)F)c3c2CC3O)c1. The van der Waals surface area contributed by atoms with E-state index in [2.05, 4.69) is 0 Å². The molecular weight excluding hydrogens is 300 g/mol. The molecule has 1 atom stereocenters. The number of halogens is 4. The highest BCUT2D eigenvalue weighted by Crippen LogP contribution is 2.47. The van der Waals surface area contributed by atoms with E-state index in [-0.39, 0.29) is 29.0 Å². The number of hydrogen-bond acceptors (Lipinski definition) is 2. The second-order valence-corrected chi connectivity index (χ2v) is 5.26.